The van der Waals surface area contributed by atoms with Gasteiger partial charge >= 0.3 is 0 Å². The lowest BCUT2D eigenvalue weighted by atomic mass is 10.1. The first kappa shape index (κ1) is 28.0. The van der Waals surface area contributed by atoms with E-state index < -0.39 is 28.5 Å². The fourth-order valence-electron chi connectivity index (χ4n) is 3.58. The number of sulfonamides is 1. The molecule has 0 aliphatic carbocycles. The van der Waals surface area contributed by atoms with Crippen LogP contribution < -0.4 is 19.1 Å². The number of benzene rings is 2. The van der Waals surface area contributed by atoms with Gasteiger partial charge in [-0.1, -0.05) is 29.8 Å². The Kier molecular flexibility index (Phi) is 9.53. The quantitative estimate of drug-likeness (QED) is 0.504. The van der Waals surface area contributed by atoms with Crippen LogP contribution in [0.15, 0.2) is 42.5 Å². The number of hydrogen-bond donors (Lipinski definition) is 1. The van der Waals surface area contributed by atoms with Crippen molar-refractivity contribution in [2.75, 3.05) is 31.3 Å². The molecule has 0 heterocycles. The largest absolute Gasteiger partial charge is 0.497 e. The number of nitrogens with one attached hydrogen (secondary N) is 1. The number of carbonyl (C=O) groups is 2. The van der Waals surface area contributed by atoms with Crippen LogP contribution in [0.25, 0.3) is 0 Å². The molecule has 0 saturated carbocycles. The third kappa shape index (κ3) is 7.61. The Bertz CT molecular complexity index is 1150. The number of amides is 2. The van der Waals surface area contributed by atoms with Crippen LogP contribution in [0, 0.1) is 6.92 Å². The number of anilines is 1. The predicted molar refractivity (Wildman–Crippen MR) is 136 cm³/mol. The molecule has 0 aliphatic heterocycles. The number of rotatable bonds is 11. The van der Waals surface area contributed by atoms with Crippen LogP contribution in [0.1, 0.15) is 31.9 Å². The minimum atomic E-state index is -3.88. The molecule has 0 fully saturated rings. The molecule has 0 spiro atoms. The molecule has 0 unspecified atom stereocenters. The molecule has 2 amide bonds. The molecule has 10 heteroatoms. The Balaban J connectivity index is 2.46. The Labute approximate surface area is 208 Å². The van der Waals surface area contributed by atoms with Crippen LogP contribution in [0.3, 0.4) is 0 Å². The first-order valence-electron chi connectivity index (χ1n) is 11.2. The fraction of sp³-hybridized carbons (Fsp3) is 0.440. The summed E-state index contributed by atoms with van der Waals surface area (Å²) in [6.07, 6.45) is 1.02. The Morgan fingerprint density at radius 2 is 1.71 bits per heavy atom. The third-order valence-electron chi connectivity index (χ3n) is 5.37. The molecule has 0 aromatic heterocycles. The van der Waals surface area contributed by atoms with Crippen molar-refractivity contribution in [3.8, 4) is 11.5 Å². The normalized spacial score (nSPS) is 12.1. The van der Waals surface area contributed by atoms with Crippen molar-refractivity contribution >= 4 is 27.5 Å². The van der Waals surface area contributed by atoms with Gasteiger partial charge in [-0.2, -0.15) is 0 Å². The van der Waals surface area contributed by atoms with E-state index in [-0.39, 0.29) is 29.9 Å². The zero-order valence-corrected chi connectivity index (χ0v) is 22.2. The summed E-state index contributed by atoms with van der Waals surface area (Å²) >= 11 is 0. The summed E-state index contributed by atoms with van der Waals surface area (Å²) in [6.45, 7) is 6.87. The third-order valence-corrected chi connectivity index (χ3v) is 6.49. The number of hydrogen-bond acceptors (Lipinski definition) is 6. The highest BCUT2D eigenvalue weighted by atomic mass is 32.2. The number of carbonyl (C=O) groups excluding carboxylic acids is 2. The van der Waals surface area contributed by atoms with Crippen LogP contribution in [-0.4, -0.2) is 64.2 Å². The zero-order chi connectivity index (χ0) is 26.3. The highest BCUT2D eigenvalue weighted by molar-refractivity contribution is 7.92. The molecule has 0 radical (unpaired) electrons. The van der Waals surface area contributed by atoms with Crippen molar-refractivity contribution in [3.05, 3.63) is 53.6 Å². The molecule has 1 N–H and O–H groups in total. The van der Waals surface area contributed by atoms with Gasteiger partial charge in [-0.05, 0) is 45.4 Å². The maximum atomic E-state index is 13.6. The minimum Gasteiger partial charge on any atom is -0.497 e. The molecular weight excluding hydrogens is 470 g/mol. The number of aryl methyl sites for hydroxylation is 1. The van der Waals surface area contributed by atoms with Crippen LogP contribution in [0.5, 0.6) is 11.5 Å². The fourth-order valence-corrected chi connectivity index (χ4v) is 4.43. The van der Waals surface area contributed by atoms with Gasteiger partial charge in [-0.25, -0.2) is 8.42 Å². The number of nitrogens with zero attached hydrogens (tertiary/aromatic N) is 2. The van der Waals surface area contributed by atoms with Crippen molar-refractivity contribution in [2.24, 2.45) is 0 Å². The molecule has 2 aromatic carbocycles. The summed E-state index contributed by atoms with van der Waals surface area (Å²) in [5.41, 5.74) is 2.03. The second-order valence-corrected chi connectivity index (χ2v) is 10.6. The molecule has 2 rings (SSSR count). The highest BCUT2D eigenvalue weighted by Gasteiger charge is 2.31. The van der Waals surface area contributed by atoms with Crippen molar-refractivity contribution in [1.82, 2.24) is 10.2 Å². The van der Waals surface area contributed by atoms with E-state index in [0.29, 0.717) is 5.75 Å². The van der Waals surface area contributed by atoms with Crippen molar-refractivity contribution in [1.29, 1.82) is 0 Å². The van der Waals surface area contributed by atoms with Crippen LogP contribution in [0.4, 0.5) is 5.69 Å². The smallest absolute Gasteiger partial charge is 0.244 e. The lowest BCUT2D eigenvalue weighted by molar-refractivity contribution is -0.139. The Morgan fingerprint density at radius 3 is 2.26 bits per heavy atom. The van der Waals surface area contributed by atoms with E-state index in [1.807, 2.05) is 45.0 Å². The second-order valence-electron chi connectivity index (χ2n) is 8.66. The van der Waals surface area contributed by atoms with Gasteiger partial charge in [0.1, 0.15) is 24.1 Å². The van der Waals surface area contributed by atoms with Gasteiger partial charge in [0.25, 0.3) is 0 Å². The first-order valence-corrected chi connectivity index (χ1v) is 13.1. The molecule has 0 bridgehead atoms. The van der Waals surface area contributed by atoms with Crippen molar-refractivity contribution in [3.63, 3.8) is 0 Å². The molecule has 0 aliphatic rings. The standard InChI is InChI=1S/C25H35N3O6S/c1-17(2)26-25(30)19(4)27(15-20-10-8-9-18(3)13-20)24(29)16-28(35(7,31)32)22-12-11-21(33-5)14-23(22)34-6/h8-14,17,19H,15-16H2,1-7H3,(H,26,30)/t19-/m0/s1. The predicted octanol–water partition coefficient (Wildman–Crippen LogP) is 2.72. The Morgan fingerprint density at radius 1 is 1.03 bits per heavy atom. The summed E-state index contributed by atoms with van der Waals surface area (Å²) in [5.74, 6) is -0.140. The summed E-state index contributed by atoms with van der Waals surface area (Å²) in [5, 5.41) is 2.82. The molecule has 0 saturated heterocycles. The van der Waals surface area contributed by atoms with E-state index in [1.165, 1.54) is 25.2 Å². The average Bonchev–Trinajstić information content (AvgIpc) is 2.78. The topological polar surface area (TPSA) is 105 Å². The number of ether oxygens (including phenoxy) is 2. The molecular formula is C25H35N3O6S. The van der Waals surface area contributed by atoms with E-state index in [0.717, 1.165) is 21.7 Å². The van der Waals surface area contributed by atoms with Gasteiger partial charge in [0, 0.05) is 18.7 Å². The van der Waals surface area contributed by atoms with Gasteiger partial charge in [0.15, 0.2) is 0 Å². The summed E-state index contributed by atoms with van der Waals surface area (Å²) in [4.78, 5) is 27.8. The molecule has 192 valence electrons. The van der Waals surface area contributed by atoms with E-state index in [2.05, 4.69) is 5.32 Å². The monoisotopic (exact) mass is 505 g/mol. The van der Waals surface area contributed by atoms with Gasteiger partial charge in [-0.3, -0.25) is 13.9 Å². The van der Waals surface area contributed by atoms with Crippen LogP contribution >= 0.6 is 0 Å². The van der Waals surface area contributed by atoms with Gasteiger partial charge in [0.05, 0.1) is 26.2 Å². The van der Waals surface area contributed by atoms with E-state index in [9.17, 15) is 18.0 Å². The first-order chi connectivity index (χ1) is 16.4. The van der Waals surface area contributed by atoms with Gasteiger partial charge < -0.3 is 19.7 Å². The maximum Gasteiger partial charge on any atom is 0.244 e. The van der Waals surface area contributed by atoms with Crippen molar-refractivity contribution < 1.29 is 27.5 Å². The average molecular weight is 506 g/mol. The minimum absolute atomic E-state index is 0.114. The van der Waals surface area contributed by atoms with Gasteiger partial charge in [0.2, 0.25) is 21.8 Å². The number of methoxy groups -OCH3 is 2. The van der Waals surface area contributed by atoms with Crippen LogP contribution in [-0.2, 0) is 26.2 Å². The van der Waals surface area contributed by atoms with Crippen LogP contribution in [0.2, 0.25) is 0 Å². The molecule has 9 nitrogen and oxygen atoms in total. The van der Waals surface area contributed by atoms with E-state index >= 15 is 0 Å². The maximum absolute atomic E-state index is 13.6. The van der Waals surface area contributed by atoms with E-state index in [1.54, 1.807) is 19.1 Å². The SMILES string of the molecule is COc1ccc(N(CC(=O)N(Cc2cccc(C)c2)[C@@H](C)C(=O)NC(C)C)S(C)(=O)=O)c(OC)c1. The van der Waals surface area contributed by atoms with Crippen molar-refractivity contribution in [2.45, 2.75) is 46.3 Å². The lowest BCUT2D eigenvalue weighted by Gasteiger charge is -2.32. The zero-order valence-electron chi connectivity index (χ0n) is 21.4. The summed E-state index contributed by atoms with van der Waals surface area (Å²) in [7, 11) is -0.988. The van der Waals surface area contributed by atoms with E-state index in [4.69, 9.17) is 9.47 Å². The highest BCUT2D eigenvalue weighted by Crippen LogP contribution is 2.33. The molecule has 35 heavy (non-hydrogen) atoms. The molecule has 1 atom stereocenters. The summed E-state index contributed by atoms with van der Waals surface area (Å²) in [6, 6.07) is 11.3. The second kappa shape index (κ2) is 11.9. The lowest BCUT2D eigenvalue weighted by Crippen LogP contribution is -2.52. The molecule has 2 aromatic rings. The van der Waals surface area contributed by atoms with Gasteiger partial charge in [-0.15, -0.1) is 0 Å². The summed E-state index contributed by atoms with van der Waals surface area (Å²) < 4.78 is 37.0. The Hall–Kier alpha value is -3.27.